The molecule has 3 aromatic carbocycles. The molecule has 0 aromatic heterocycles. The second kappa shape index (κ2) is 9.74. The van der Waals surface area contributed by atoms with Gasteiger partial charge in [-0.2, -0.15) is 0 Å². The van der Waals surface area contributed by atoms with Crippen molar-refractivity contribution in [3.05, 3.63) is 77.9 Å². The molecule has 3 rings (SSSR count). The maximum Gasteiger partial charge on any atom is 0.341 e. The van der Waals surface area contributed by atoms with Gasteiger partial charge in [-0.1, -0.05) is 54.6 Å². The highest BCUT2D eigenvalue weighted by molar-refractivity contribution is 5.92. The number of hydrogen-bond acceptors (Lipinski definition) is 4. The van der Waals surface area contributed by atoms with E-state index in [1.807, 2.05) is 0 Å². The molecule has 0 spiro atoms. The number of para-hydroxylation sites is 1. The van der Waals surface area contributed by atoms with Gasteiger partial charge in [0.2, 0.25) is 0 Å². The van der Waals surface area contributed by atoms with Crippen LogP contribution in [-0.4, -0.2) is 62.6 Å². The zero-order chi connectivity index (χ0) is 21.6. The number of esters is 1. The van der Waals surface area contributed by atoms with Crippen molar-refractivity contribution in [3.8, 4) is 5.75 Å². The Morgan fingerprint density at radius 2 is 1.70 bits per heavy atom. The zero-order valence-corrected chi connectivity index (χ0v) is 17.9. The molecule has 0 radical (unpaired) electrons. The Bertz CT molecular complexity index is 999. The van der Waals surface area contributed by atoms with Crippen molar-refractivity contribution < 1.29 is 23.9 Å². The van der Waals surface area contributed by atoms with Gasteiger partial charge in [-0.05, 0) is 28.5 Å². The Morgan fingerprint density at radius 3 is 2.47 bits per heavy atom. The quantitative estimate of drug-likeness (QED) is 0.433. The lowest BCUT2D eigenvalue weighted by Crippen LogP contribution is -2.48. The van der Waals surface area contributed by atoms with Crippen LogP contribution in [0.4, 0.5) is 0 Å². The lowest BCUT2D eigenvalue weighted by molar-refractivity contribution is -0.893. The molecular formula is C25H30NO4+. The average Bonchev–Trinajstić information content (AvgIpc) is 2.75. The molecule has 0 aliphatic carbocycles. The lowest BCUT2D eigenvalue weighted by Gasteiger charge is -2.32. The summed E-state index contributed by atoms with van der Waals surface area (Å²) in [5, 5.41) is 13.0. The molecule has 0 aliphatic rings. The lowest BCUT2D eigenvalue weighted by atomic mass is 10.0. The van der Waals surface area contributed by atoms with Crippen molar-refractivity contribution in [2.45, 2.75) is 12.5 Å². The summed E-state index contributed by atoms with van der Waals surface area (Å²) >= 11 is 0. The smallest absolute Gasteiger partial charge is 0.341 e. The number of carbonyl (C=O) groups excluding carboxylic acids is 1. The van der Waals surface area contributed by atoms with Gasteiger partial charge in [0, 0.05) is 6.42 Å². The van der Waals surface area contributed by atoms with Gasteiger partial charge in [0.25, 0.3) is 0 Å². The third kappa shape index (κ3) is 5.81. The molecule has 3 aromatic rings. The Kier molecular flexibility index (Phi) is 7.08. The van der Waals surface area contributed by atoms with E-state index in [9.17, 15) is 9.90 Å². The van der Waals surface area contributed by atoms with E-state index in [2.05, 4.69) is 56.6 Å². The van der Waals surface area contributed by atoms with Gasteiger partial charge in [0.1, 0.15) is 30.6 Å². The number of aliphatic hydroxyl groups is 1. The number of benzene rings is 3. The number of carbonyl (C=O) groups is 1. The molecule has 0 saturated carbocycles. The highest BCUT2D eigenvalue weighted by Gasteiger charge is 2.22. The van der Waals surface area contributed by atoms with E-state index < -0.39 is 12.1 Å². The van der Waals surface area contributed by atoms with Crippen molar-refractivity contribution in [3.63, 3.8) is 0 Å². The zero-order valence-electron chi connectivity index (χ0n) is 17.9. The highest BCUT2D eigenvalue weighted by atomic mass is 16.5. The normalized spacial score (nSPS) is 12.5. The largest absolute Gasteiger partial charge is 0.490 e. The van der Waals surface area contributed by atoms with Gasteiger partial charge in [0.05, 0.1) is 27.7 Å². The monoisotopic (exact) mass is 408 g/mol. The fraction of sp³-hybridized carbons (Fsp3) is 0.320. The first kappa shape index (κ1) is 21.8. The fourth-order valence-electron chi connectivity index (χ4n) is 3.60. The van der Waals surface area contributed by atoms with Gasteiger partial charge in [-0.25, -0.2) is 4.79 Å². The van der Waals surface area contributed by atoms with Crippen molar-refractivity contribution >= 4 is 16.7 Å². The van der Waals surface area contributed by atoms with Gasteiger partial charge in [-0.15, -0.1) is 0 Å². The number of rotatable bonds is 9. The molecule has 5 heteroatoms. The highest BCUT2D eigenvalue weighted by Crippen LogP contribution is 2.20. The number of aliphatic hydroxyl groups excluding tert-OH is 1. The van der Waals surface area contributed by atoms with E-state index in [-0.39, 0.29) is 6.61 Å². The Morgan fingerprint density at radius 1 is 1.00 bits per heavy atom. The van der Waals surface area contributed by atoms with Crippen molar-refractivity contribution in [1.29, 1.82) is 0 Å². The first-order valence-electron chi connectivity index (χ1n) is 10.2. The number of likely N-dealkylation sites (N-methyl/N-ethyl adjacent to an activating group) is 1. The molecule has 1 N–H and O–H groups in total. The molecule has 5 nitrogen and oxygen atoms in total. The molecule has 1 atom stereocenters. The summed E-state index contributed by atoms with van der Waals surface area (Å²) in [6.45, 7) is 1.56. The van der Waals surface area contributed by atoms with E-state index in [1.54, 1.807) is 24.3 Å². The number of methoxy groups -OCH3 is 1. The summed E-state index contributed by atoms with van der Waals surface area (Å²) in [6, 6.07) is 21.8. The van der Waals surface area contributed by atoms with Gasteiger partial charge < -0.3 is 19.1 Å². The molecule has 158 valence electrons. The van der Waals surface area contributed by atoms with Gasteiger partial charge in [-0.3, -0.25) is 0 Å². The maximum absolute atomic E-state index is 11.8. The van der Waals surface area contributed by atoms with Crippen LogP contribution >= 0.6 is 0 Å². The molecule has 0 amide bonds. The first-order chi connectivity index (χ1) is 14.4. The molecule has 0 heterocycles. The molecule has 30 heavy (non-hydrogen) atoms. The van der Waals surface area contributed by atoms with Crippen LogP contribution in [0, 0.1) is 0 Å². The summed E-state index contributed by atoms with van der Waals surface area (Å²) < 4.78 is 11.2. The van der Waals surface area contributed by atoms with E-state index in [1.165, 1.54) is 23.4 Å². The SMILES string of the molecule is COC(=O)c1ccccc1OCC(O)C[N+](C)(C)CCc1ccc2ccccc2c1. The summed E-state index contributed by atoms with van der Waals surface area (Å²) in [5.74, 6) is -0.0311. The summed E-state index contributed by atoms with van der Waals surface area (Å²) in [6.07, 6.45) is 0.277. The maximum atomic E-state index is 11.8. The van der Waals surface area contributed by atoms with Crippen LogP contribution in [0.2, 0.25) is 0 Å². The van der Waals surface area contributed by atoms with Gasteiger partial charge in [0.15, 0.2) is 0 Å². The number of quaternary nitrogens is 1. The summed E-state index contributed by atoms with van der Waals surface area (Å²) in [7, 11) is 5.54. The Hall–Kier alpha value is -2.89. The van der Waals surface area contributed by atoms with E-state index >= 15 is 0 Å². The molecule has 0 fully saturated rings. The minimum atomic E-state index is -0.651. The third-order valence-electron chi connectivity index (χ3n) is 5.25. The predicted octanol–water partition coefficient (Wildman–Crippen LogP) is 3.69. The van der Waals surface area contributed by atoms with Crippen LogP contribution in [0.5, 0.6) is 5.75 Å². The third-order valence-corrected chi connectivity index (χ3v) is 5.25. The minimum absolute atomic E-state index is 0.117. The van der Waals surface area contributed by atoms with Crippen molar-refractivity contribution in [1.82, 2.24) is 0 Å². The standard InChI is InChI=1S/C25H30NO4/c1-26(2,15-14-19-12-13-20-8-4-5-9-21(20)16-19)17-22(27)18-30-24-11-7-6-10-23(24)25(28)29-3/h4-13,16,22,27H,14-15,17-18H2,1-3H3/q+1. The Balaban J connectivity index is 1.53. The van der Waals surface area contributed by atoms with E-state index in [4.69, 9.17) is 9.47 Å². The van der Waals surface area contributed by atoms with Crippen molar-refractivity contribution in [2.75, 3.05) is 40.9 Å². The number of ether oxygens (including phenoxy) is 2. The first-order valence-corrected chi connectivity index (χ1v) is 10.2. The molecule has 0 bridgehead atoms. The second-order valence-electron chi connectivity index (χ2n) is 8.23. The van der Waals surface area contributed by atoms with Crippen LogP contribution in [-0.2, 0) is 11.2 Å². The molecule has 0 aliphatic heterocycles. The summed E-state index contributed by atoms with van der Waals surface area (Å²) in [4.78, 5) is 11.8. The molecular weight excluding hydrogens is 378 g/mol. The van der Waals surface area contributed by atoms with Crippen molar-refractivity contribution in [2.24, 2.45) is 0 Å². The number of nitrogens with zero attached hydrogens (tertiary/aromatic N) is 1. The van der Waals surface area contributed by atoms with E-state index in [0.29, 0.717) is 22.3 Å². The molecule has 0 saturated heterocycles. The van der Waals surface area contributed by atoms with Gasteiger partial charge >= 0.3 is 5.97 Å². The predicted molar refractivity (Wildman–Crippen MR) is 119 cm³/mol. The second-order valence-corrected chi connectivity index (χ2v) is 8.23. The fourth-order valence-corrected chi connectivity index (χ4v) is 3.60. The van der Waals surface area contributed by atoms with Crippen LogP contribution in [0.15, 0.2) is 66.7 Å². The van der Waals surface area contributed by atoms with Crippen LogP contribution < -0.4 is 4.74 Å². The number of hydrogen-bond donors (Lipinski definition) is 1. The average molecular weight is 409 g/mol. The van der Waals surface area contributed by atoms with Crippen LogP contribution in [0.3, 0.4) is 0 Å². The van der Waals surface area contributed by atoms with E-state index in [0.717, 1.165) is 13.0 Å². The minimum Gasteiger partial charge on any atom is -0.490 e. The van der Waals surface area contributed by atoms with Crippen LogP contribution in [0.25, 0.3) is 10.8 Å². The molecule has 1 unspecified atom stereocenters. The number of fused-ring (bicyclic) bond motifs is 1. The topological polar surface area (TPSA) is 55.8 Å². The Labute approximate surface area is 178 Å². The summed E-state index contributed by atoms with van der Waals surface area (Å²) in [5.41, 5.74) is 1.65. The van der Waals surface area contributed by atoms with Crippen LogP contribution in [0.1, 0.15) is 15.9 Å².